The Hall–Kier alpha value is -1.85. The van der Waals surface area contributed by atoms with Gasteiger partial charge in [-0.25, -0.2) is 4.98 Å². The van der Waals surface area contributed by atoms with Gasteiger partial charge in [0, 0.05) is 31.5 Å². The quantitative estimate of drug-likeness (QED) is 0.885. The molecule has 1 atom stereocenters. The number of rotatable bonds is 6. The van der Waals surface area contributed by atoms with Crippen molar-refractivity contribution in [3.63, 3.8) is 0 Å². The summed E-state index contributed by atoms with van der Waals surface area (Å²) >= 11 is 0. The smallest absolute Gasteiger partial charge is 0.123 e. The fraction of sp³-hybridized carbons (Fsp3) is 0.526. The fourth-order valence-corrected chi connectivity index (χ4v) is 3.18. The maximum Gasteiger partial charge on any atom is 0.123 e. The Morgan fingerprint density at radius 3 is 2.75 bits per heavy atom. The van der Waals surface area contributed by atoms with Crippen LogP contribution in [0.5, 0.6) is 5.75 Å². The van der Waals surface area contributed by atoms with Crippen molar-refractivity contribution < 1.29 is 9.84 Å². The van der Waals surface area contributed by atoms with Gasteiger partial charge in [0.1, 0.15) is 23.8 Å². The second kappa shape index (κ2) is 6.95. The number of likely N-dealkylation sites (tertiary alicyclic amines) is 1. The molecule has 0 aliphatic carbocycles. The first-order valence-electron chi connectivity index (χ1n) is 8.61. The molecule has 3 rings (SSSR count). The van der Waals surface area contributed by atoms with Gasteiger partial charge in [-0.15, -0.1) is 0 Å². The van der Waals surface area contributed by atoms with Crippen LogP contribution in [-0.2, 0) is 6.54 Å². The normalized spacial score (nSPS) is 21.5. The van der Waals surface area contributed by atoms with Gasteiger partial charge in [-0.1, -0.05) is 17.7 Å². The molecule has 0 radical (unpaired) electrons. The minimum atomic E-state index is -0.792. The Balaban J connectivity index is 1.55. The van der Waals surface area contributed by atoms with Crippen molar-refractivity contribution >= 4 is 0 Å². The maximum atomic E-state index is 10.8. The summed E-state index contributed by atoms with van der Waals surface area (Å²) in [5.41, 5.74) is 0.411. The molecular formula is C19H27N3O2. The molecule has 24 heavy (non-hydrogen) atoms. The van der Waals surface area contributed by atoms with Crippen LogP contribution in [-0.4, -0.2) is 44.9 Å². The molecule has 0 amide bonds. The van der Waals surface area contributed by atoms with E-state index >= 15 is 0 Å². The number of aryl methyl sites for hydroxylation is 1. The molecule has 1 saturated heterocycles. The number of hydrogen-bond donors (Lipinski definition) is 1. The Kier molecular flexibility index (Phi) is 4.92. The second-order valence-corrected chi connectivity index (χ2v) is 7.13. The summed E-state index contributed by atoms with van der Waals surface area (Å²) in [6.07, 6.45) is 4.59. The average Bonchev–Trinajstić information content (AvgIpc) is 3.15. The molecule has 0 bridgehead atoms. The molecule has 1 fully saturated rings. The first-order valence-corrected chi connectivity index (χ1v) is 8.61. The first kappa shape index (κ1) is 17.0. The van der Waals surface area contributed by atoms with Gasteiger partial charge >= 0.3 is 0 Å². The monoisotopic (exact) mass is 329 g/mol. The fourth-order valence-electron chi connectivity index (χ4n) is 3.18. The van der Waals surface area contributed by atoms with Gasteiger partial charge in [-0.3, -0.25) is 4.90 Å². The lowest BCUT2D eigenvalue weighted by molar-refractivity contribution is 0.00313. The van der Waals surface area contributed by atoms with Gasteiger partial charge in [-0.2, -0.15) is 0 Å². The number of benzene rings is 1. The van der Waals surface area contributed by atoms with E-state index in [-0.39, 0.29) is 0 Å². The van der Waals surface area contributed by atoms with Crippen LogP contribution in [0.2, 0.25) is 0 Å². The zero-order valence-corrected chi connectivity index (χ0v) is 14.8. The third kappa shape index (κ3) is 3.97. The summed E-state index contributed by atoms with van der Waals surface area (Å²) in [5.74, 6) is 1.86. The van der Waals surface area contributed by atoms with Crippen molar-refractivity contribution in [2.45, 2.75) is 45.4 Å². The van der Waals surface area contributed by atoms with E-state index in [9.17, 15) is 5.11 Å². The largest absolute Gasteiger partial charge is 0.491 e. The van der Waals surface area contributed by atoms with Crippen LogP contribution in [0.1, 0.15) is 37.7 Å². The lowest BCUT2D eigenvalue weighted by Crippen LogP contribution is -2.39. The van der Waals surface area contributed by atoms with E-state index in [1.807, 2.05) is 43.6 Å². The minimum Gasteiger partial charge on any atom is -0.491 e. The summed E-state index contributed by atoms with van der Waals surface area (Å²) in [4.78, 5) is 6.71. The highest BCUT2D eigenvalue weighted by Crippen LogP contribution is 2.25. The third-order valence-corrected chi connectivity index (χ3v) is 4.61. The van der Waals surface area contributed by atoms with Crippen molar-refractivity contribution in [1.29, 1.82) is 0 Å². The molecule has 1 N–H and O–H groups in total. The van der Waals surface area contributed by atoms with Crippen LogP contribution in [0.4, 0.5) is 0 Å². The lowest BCUT2D eigenvalue weighted by atomic mass is 10.1. The summed E-state index contributed by atoms with van der Waals surface area (Å²) < 4.78 is 7.98. The second-order valence-electron chi connectivity index (χ2n) is 7.13. The molecule has 1 aliphatic rings. The standard InChI is InChI=1S/C19H27N3O2/c1-15(2)22-11-9-20-18(22)12-21-10-8-19(23,13-21)14-24-17-6-4-16(3)5-7-17/h4-7,9,11,15,23H,8,10,12-14H2,1-3H3. The highest BCUT2D eigenvalue weighted by Gasteiger charge is 2.37. The van der Waals surface area contributed by atoms with Gasteiger partial charge in [-0.05, 0) is 39.3 Å². The van der Waals surface area contributed by atoms with Crippen molar-refractivity contribution in [2.75, 3.05) is 19.7 Å². The minimum absolute atomic E-state index is 0.325. The Morgan fingerprint density at radius 2 is 2.04 bits per heavy atom. The van der Waals surface area contributed by atoms with Crippen LogP contribution < -0.4 is 4.74 Å². The van der Waals surface area contributed by atoms with E-state index in [4.69, 9.17) is 4.74 Å². The number of ether oxygens (including phenoxy) is 1. The highest BCUT2D eigenvalue weighted by molar-refractivity contribution is 5.26. The third-order valence-electron chi connectivity index (χ3n) is 4.61. The molecule has 1 aliphatic heterocycles. The van der Waals surface area contributed by atoms with E-state index < -0.39 is 5.60 Å². The van der Waals surface area contributed by atoms with E-state index in [2.05, 4.69) is 28.3 Å². The van der Waals surface area contributed by atoms with Gasteiger partial charge in [0.2, 0.25) is 0 Å². The number of hydrogen-bond acceptors (Lipinski definition) is 4. The lowest BCUT2D eigenvalue weighted by Gasteiger charge is -2.24. The molecule has 1 unspecified atom stereocenters. The molecule has 1 aromatic heterocycles. The van der Waals surface area contributed by atoms with E-state index in [1.165, 1.54) is 5.56 Å². The number of aromatic nitrogens is 2. The number of β-amino-alcohol motifs (C(OH)–C–C–N with tert-alkyl or cyclic N) is 1. The van der Waals surface area contributed by atoms with Crippen LogP contribution >= 0.6 is 0 Å². The number of imidazole rings is 1. The van der Waals surface area contributed by atoms with Gasteiger partial charge in [0.25, 0.3) is 0 Å². The summed E-state index contributed by atoms with van der Waals surface area (Å²) in [6, 6.07) is 8.34. The van der Waals surface area contributed by atoms with E-state index in [1.54, 1.807) is 0 Å². The van der Waals surface area contributed by atoms with Crippen LogP contribution in [0.25, 0.3) is 0 Å². The van der Waals surface area contributed by atoms with E-state index in [0.29, 0.717) is 19.2 Å². The Bertz CT molecular complexity index is 666. The zero-order chi connectivity index (χ0) is 17.2. The highest BCUT2D eigenvalue weighted by atomic mass is 16.5. The number of aliphatic hydroxyl groups is 1. The van der Waals surface area contributed by atoms with Gasteiger partial charge in [0.15, 0.2) is 0 Å². The van der Waals surface area contributed by atoms with Crippen molar-refractivity contribution in [3.8, 4) is 5.75 Å². The molecule has 0 spiro atoms. The Labute approximate surface area is 143 Å². The summed E-state index contributed by atoms with van der Waals surface area (Å²) in [7, 11) is 0. The van der Waals surface area contributed by atoms with Crippen molar-refractivity contribution in [2.24, 2.45) is 0 Å². The molecule has 5 heteroatoms. The zero-order valence-electron chi connectivity index (χ0n) is 14.8. The van der Waals surface area contributed by atoms with Crippen LogP contribution in [0.3, 0.4) is 0 Å². The van der Waals surface area contributed by atoms with Crippen molar-refractivity contribution in [3.05, 3.63) is 48.0 Å². The SMILES string of the molecule is Cc1ccc(OCC2(O)CCN(Cc3nccn3C(C)C)C2)cc1. The molecular weight excluding hydrogens is 302 g/mol. The van der Waals surface area contributed by atoms with Crippen LogP contribution in [0, 0.1) is 6.92 Å². The molecule has 130 valence electrons. The van der Waals surface area contributed by atoms with Crippen LogP contribution in [0.15, 0.2) is 36.7 Å². The van der Waals surface area contributed by atoms with Gasteiger partial charge < -0.3 is 14.4 Å². The summed E-state index contributed by atoms with van der Waals surface area (Å²) in [5, 5.41) is 10.8. The molecule has 2 aromatic rings. The predicted octanol–water partition coefficient (Wildman–Crippen LogP) is 2.79. The predicted molar refractivity (Wildman–Crippen MR) is 94.1 cm³/mol. The molecule has 0 saturated carbocycles. The molecule has 1 aromatic carbocycles. The summed E-state index contributed by atoms with van der Waals surface area (Å²) in [6.45, 7) is 8.92. The number of nitrogens with zero attached hydrogens (tertiary/aromatic N) is 3. The average molecular weight is 329 g/mol. The first-order chi connectivity index (χ1) is 11.5. The van der Waals surface area contributed by atoms with E-state index in [0.717, 1.165) is 31.1 Å². The molecule has 5 nitrogen and oxygen atoms in total. The van der Waals surface area contributed by atoms with Crippen molar-refractivity contribution in [1.82, 2.24) is 14.5 Å². The molecule has 2 heterocycles. The van der Waals surface area contributed by atoms with Gasteiger partial charge in [0.05, 0.1) is 6.54 Å². The maximum absolute atomic E-state index is 10.8. The topological polar surface area (TPSA) is 50.5 Å². The Morgan fingerprint density at radius 1 is 1.29 bits per heavy atom.